The van der Waals surface area contributed by atoms with Crippen molar-refractivity contribution in [1.29, 1.82) is 0 Å². The van der Waals surface area contributed by atoms with E-state index >= 15 is 0 Å². The summed E-state index contributed by atoms with van der Waals surface area (Å²) in [5, 5.41) is 0. The summed E-state index contributed by atoms with van der Waals surface area (Å²) in [5.41, 5.74) is 1.71. The van der Waals surface area contributed by atoms with Gasteiger partial charge in [-0.05, 0) is 25.1 Å². The number of nitrogens with one attached hydrogen (secondary N) is 1. The lowest BCUT2D eigenvalue weighted by atomic mass is 10.1. The molecule has 0 spiro atoms. The molecule has 94 valence electrons. The lowest BCUT2D eigenvalue weighted by Gasteiger charge is -2.11. The van der Waals surface area contributed by atoms with Gasteiger partial charge in [-0.25, -0.2) is 4.98 Å². The van der Waals surface area contributed by atoms with E-state index in [1.807, 2.05) is 0 Å². The van der Waals surface area contributed by atoms with Crippen molar-refractivity contribution in [1.82, 2.24) is 9.97 Å². The van der Waals surface area contributed by atoms with Crippen molar-refractivity contribution in [3.05, 3.63) is 40.4 Å². The summed E-state index contributed by atoms with van der Waals surface area (Å²) in [7, 11) is 3.16. The van der Waals surface area contributed by atoms with Gasteiger partial charge in [-0.1, -0.05) is 0 Å². The van der Waals surface area contributed by atoms with Crippen LogP contribution in [0.25, 0.3) is 11.3 Å². The zero-order valence-corrected chi connectivity index (χ0v) is 10.5. The zero-order chi connectivity index (χ0) is 13.1. The smallest absolute Gasteiger partial charge is 0.254 e. The Morgan fingerprint density at radius 1 is 1.22 bits per heavy atom. The highest BCUT2D eigenvalue weighted by Crippen LogP contribution is 2.32. The Bertz CT molecular complexity index is 620. The lowest BCUT2D eigenvalue weighted by Crippen LogP contribution is -2.11. The molecule has 5 heteroatoms. The molecule has 0 saturated heterocycles. The normalized spacial score (nSPS) is 10.2. The molecule has 0 aliphatic carbocycles. The Balaban J connectivity index is 2.68. The number of benzene rings is 1. The van der Waals surface area contributed by atoms with Crippen LogP contribution in [0.1, 0.15) is 5.56 Å². The van der Waals surface area contributed by atoms with E-state index < -0.39 is 0 Å². The molecule has 1 N–H and O–H groups in total. The van der Waals surface area contributed by atoms with E-state index in [1.54, 1.807) is 39.3 Å². The molecule has 1 aromatic carbocycles. The fourth-order valence-electron chi connectivity index (χ4n) is 1.74. The van der Waals surface area contributed by atoms with Gasteiger partial charge in [0.2, 0.25) is 0 Å². The molecule has 0 bridgehead atoms. The number of rotatable bonds is 3. The monoisotopic (exact) mass is 246 g/mol. The fraction of sp³-hybridized carbons (Fsp3) is 0.231. The Morgan fingerprint density at radius 2 is 2.00 bits per heavy atom. The number of nitrogens with zero attached hydrogens (tertiary/aromatic N) is 1. The molecule has 2 rings (SSSR count). The highest BCUT2D eigenvalue weighted by atomic mass is 16.5. The first kappa shape index (κ1) is 12.2. The average Bonchev–Trinajstić information content (AvgIpc) is 2.41. The summed E-state index contributed by atoms with van der Waals surface area (Å²) in [6.07, 6.45) is 1.38. The van der Waals surface area contributed by atoms with Gasteiger partial charge in [0.15, 0.2) is 0 Å². The first-order chi connectivity index (χ1) is 8.67. The minimum atomic E-state index is -0.162. The Hall–Kier alpha value is -2.30. The van der Waals surface area contributed by atoms with Crippen LogP contribution in [-0.4, -0.2) is 24.2 Å². The Kier molecular flexibility index (Phi) is 3.32. The molecule has 0 saturated carbocycles. The van der Waals surface area contributed by atoms with Gasteiger partial charge in [0.05, 0.1) is 26.2 Å². The van der Waals surface area contributed by atoms with E-state index in [9.17, 15) is 4.79 Å². The minimum Gasteiger partial charge on any atom is -0.497 e. The van der Waals surface area contributed by atoms with Crippen LogP contribution in [0.3, 0.4) is 0 Å². The molecule has 0 unspecified atom stereocenters. The molecule has 0 atom stereocenters. The summed E-state index contributed by atoms with van der Waals surface area (Å²) >= 11 is 0. The Morgan fingerprint density at radius 3 is 2.67 bits per heavy atom. The summed E-state index contributed by atoms with van der Waals surface area (Å²) in [5.74, 6) is 1.34. The molecule has 0 aliphatic heterocycles. The molecule has 18 heavy (non-hydrogen) atoms. The van der Waals surface area contributed by atoms with E-state index in [1.165, 1.54) is 6.33 Å². The van der Waals surface area contributed by atoms with Crippen molar-refractivity contribution in [3.8, 4) is 22.8 Å². The second kappa shape index (κ2) is 4.91. The molecular formula is C13H14N2O3. The van der Waals surface area contributed by atoms with Gasteiger partial charge >= 0.3 is 0 Å². The third-order valence-corrected chi connectivity index (χ3v) is 2.75. The molecule has 0 radical (unpaired) electrons. The highest BCUT2D eigenvalue weighted by Gasteiger charge is 2.12. The topological polar surface area (TPSA) is 64.2 Å². The van der Waals surface area contributed by atoms with Gasteiger partial charge in [0.1, 0.15) is 11.5 Å². The number of aromatic amines is 1. The maximum Gasteiger partial charge on any atom is 0.254 e. The van der Waals surface area contributed by atoms with Gasteiger partial charge in [-0.3, -0.25) is 4.79 Å². The van der Waals surface area contributed by atoms with Crippen LogP contribution in [0.2, 0.25) is 0 Å². The molecule has 2 aromatic rings. The van der Waals surface area contributed by atoms with Gasteiger partial charge in [-0.2, -0.15) is 0 Å². The number of hydrogen-bond donors (Lipinski definition) is 1. The second-order valence-electron chi connectivity index (χ2n) is 3.77. The van der Waals surface area contributed by atoms with Crippen molar-refractivity contribution >= 4 is 0 Å². The number of ether oxygens (including phenoxy) is 2. The molecule has 1 aromatic heterocycles. The van der Waals surface area contributed by atoms with Crippen molar-refractivity contribution in [2.75, 3.05) is 14.2 Å². The van der Waals surface area contributed by atoms with E-state index in [2.05, 4.69) is 9.97 Å². The largest absolute Gasteiger partial charge is 0.497 e. The molecule has 0 aliphatic rings. The van der Waals surface area contributed by atoms with E-state index in [0.29, 0.717) is 22.8 Å². The van der Waals surface area contributed by atoms with Crippen molar-refractivity contribution in [2.24, 2.45) is 0 Å². The summed E-state index contributed by atoms with van der Waals surface area (Å²) in [6.45, 7) is 1.72. The maximum absolute atomic E-state index is 11.6. The minimum absolute atomic E-state index is 0.162. The number of methoxy groups -OCH3 is 2. The van der Waals surface area contributed by atoms with Crippen LogP contribution < -0.4 is 15.0 Å². The van der Waals surface area contributed by atoms with Crippen LogP contribution in [0.15, 0.2) is 29.3 Å². The molecular weight excluding hydrogens is 232 g/mol. The number of aromatic nitrogens is 2. The third kappa shape index (κ3) is 2.07. The lowest BCUT2D eigenvalue weighted by molar-refractivity contribution is 0.404. The van der Waals surface area contributed by atoms with Gasteiger partial charge in [0, 0.05) is 11.1 Å². The van der Waals surface area contributed by atoms with Crippen LogP contribution in [-0.2, 0) is 0 Å². The van der Waals surface area contributed by atoms with Crippen LogP contribution in [0, 0.1) is 6.92 Å². The molecule has 0 fully saturated rings. The summed E-state index contributed by atoms with van der Waals surface area (Å²) in [6, 6.07) is 5.38. The molecule has 0 amide bonds. The first-order valence-electron chi connectivity index (χ1n) is 5.44. The molecule has 1 heterocycles. The van der Waals surface area contributed by atoms with Crippen LogP contribution in [0.4, 0.5) is 0 Å². The van der Waals surface area contributed by atoms with Crippen molar-refractivity contribution < 1.29 is 9.47 Å². The zero-order valence-electron chi connectivity index (χ0n) is 10.5. The highest BCUT2D eigenvalue weighted by molar-refractivity contribution is 5.71. The quantitative estimate of drug-likeness (QED) is 0.896. The molecule has 5 nitrogen and oxygen atoms in total. The SMILES string of the molecule is COc1ccc(OC)c(-c2nc[nH]c(=O)c2C)c1. The van der Waals surface area contributed by atoms with Gasteiger partial charge in [-0.15, -0.1) is 0 Å². The Labute approximate surface area is 104 Å². The predicted octanol–water partition coefficient (Wildman–Crippen LogP) is 1.76. The summed E-state index contributed by atoms with van der Waals surface area (Å²) < 4.78 is 10.5. The number of hydrogen-bond acceptors (Lipinski definition) is 4. The fourth-order valence-corrected chi connectivity index (χ4v) is 1.74. The standard InChI is InChI=1S/C13H14N2O3/c1-8-12(14-7-15-13(8)16)10-6-9(17-2)4-5-11(10)18-3/h4-7H,1-3H3,(H,14,15,16). The van der Waals surface area contributed by atoms with Crippen LogP contribution >= 0.6 is 0 Å². The van der Waals surface area contributed by atoms with Gasteiger partial charge < -0.3 is 14.5 Å². The van der Waals surface area contributed by atoms with Crippen molar-refractivity contribution in [3.63, 3.8) is 0 Å². The third-order valence-electron chi connectivity index (χ3n) is 2.75. The average molecular weight is 246 g/mol. The van der Waals surface area contributed by atoms with E-state index in [4.69, 9.17) is 9.47 Å². The predicted molar refractivity (Wildman–Crippen MR) is 68.1 cm³/mol. The van der Waals surface area contributed by atoms with E-state index in [-0.39, 0.29) is 5.56 Å². The summed E-state index contributed by atoms with van der Waals surface area (Å²) in [4.78, 5) is 18.3. The van der Waals surface area contributed by atoms with Crippen molar-refractivity contribution in [2.45, 2.75) is 6.92 Å². The first-order valence-corrected chi connectivity index (χ1v) is 5.44. The maximum atomic E-state index is 11.6. The number of H-pyrrole nitrogens is 1. The van der Waals surface area contributed by atoms with Gasteiger partial charge in [0.25, 0.3) is 5.56 Å². The van der Waals surface area contributed by atoms with Crippen LogP contribution in [0.5, 0.6) is 11.5 Å². The second-order valence-corrected chi connectivity index (χ2v) is 3.77. The van der Waals surface area contributed by atoms with E-state index in [0.717, 1.165) is 5.56 Å².